The molecule has 17 atom stereocenters. The fourth-order valence-corrected chi connectivity index (χ4v) is 11.6. The second kappa shape index (κ2) is 49.7. The predicted octanol–water partition coefficient (Wildman–Crippen LogP) is 8.44. The van der Waals surface area contributed by atoms with Crippen molar-refractivity contribution in [2.24, 2.45) is 0 Å². The Morgan fingerprint density at radius 3 is 1.20 bits per heavy atom. The van der Waals surface area contributed by atoms with Crippen molar-refractivity contribution in [1.82, 2.24) is 5.32 Å². The van der Waals surface area contributed by atoms with Gasteiger partial charge in [-0.1, -0.05) is 230 Å². The van der Waals surface area contributed by atoms with Crippen molar-refractivity contribution < 1.29 is 89.4 Å². The molecule has 0 aromatic heterocycles. The number of hydrogen-bond donors (Lipinski definition) is 12. The van der Waals surface area contributed by atoms with Crippen LogP contribution in [-0.4, -0.2) is 193 Å². The number of unbranched alkanes of at least 4 members (excludes halogenated alkanes) is 30. The monoisotopic (exact) mass is 1230 g/mol. The van der Waals surface area contributed by atoms with E-state index in [2.05, 4.69) is 55.6 Å². The van der Waals surface area contributed by atoms with Gasteiger partial charge >= 0.3 is 0 Å². The largest absolute Gasteiger partial charge is 0.394 e. The summed E-state index contributed by atoms with van der Waals surface area (Å²) in [6, 6.07) is -0.881. The molecule has 3 aliphatic heterocycles. The zero-order valence-electron chi connectivity index (χ0n) is 53.0. The molecule has 0 saturated carbocycles. The maximum Gasteiger partial charge on any atom is 0.220 e. The summed E-state index contributed by atoms with van der Waals surface area (Å²) in [6.07, 6.45) is 30.9. The summed E-state index contributed by atoms with van der Waals surface area (Å²) in [4.78, 5) is 13.2. The molecule has 3 aliphatic rings. The summed E-state index contributed by atoms with van der Waals surface area (Å²) >= 11 is 0. The van der Waals surface area contributed by atoms with Crippen LogP contribution in [0.3, 0.4) is 0 Å². The average molecular weight is 1230 g/mol. The summed E-state index contributed by atoms with van der Waals surface area (Å²) in [5.74, 6) is -0.249. The number of carbonyl (C=O) groups excluding carboxylic acids is 1. The van der Waals surface area contributed by atoms with Crippen molar-refractivity contribution in [3.63, 3.8) is 0 Å². The molecule has 3 saturated heterocycles. The number of allylic oxidation sites excluding steroid dienone is 6. The highest BCUT2D eigenvalue weighted by molar-refractivity contribution is 5.76. The first-order chi connectivity index (χ1) is 41.8. The lowest BCUT2D eigenvalue weighted by Gasteiger charge is -2.48. The number of ether oxygens (including phenoxy) is 6. The fraction of sp³-hybridized carbons (Fsp3) is 0.896. The van der Waals surface area contributed by atoms with Crippen molar-refractivity contribution in [1.29, 1.82) is 0 Å². The second-order valence-electron chi connectivity index (χ2n) is 24.6. The Labute approximate surface area is 517 Å². The van der Waals surface area contributed by atoms with E-state index in [9.17, 15) is 61.0 Å². The smallest absolute Gasteiger partial charge is 0.220 e. The molecule has 19 nitrogen and oxygen atoms in total. The number of aliphatic hydroxyl groups is 11. The van der Waals surface area contributed by atoms with E-state index in [4.69, 9.17) is 28.4 Å². The Bertz CT molecular complexity index is 1710. The standard InChI is InChI=1S/C67H123NO18/c1-3-5-7-9-10-11-12-13-14-15-16-17-18-19-20-21-22-23-24-25-26-27-28-29-30-31-32-33-34-35-36-37-38-39-40-41-43-45-55(73)68-50(51(72)44-42-8-6-4-2)49-81-65-61(79)58(76)63(53(47-70)83-65)86-67-62(80)59(77)64(54(48-71)84-67)85-66-60(78)57(75)56(74)52(46-69)82-66/h12-13,15-16,18-19,50-54,56-67,69-72,74-80H,3-11,14,17,20-49H2,1-2H3,(H,68,73)/b13-12-,16-15-,19-18-. The van der Waals surface area contributed by atoms with Crippen LogP contribution in [0.5, 0.6) is 0 Å². The maximum atomic E-state index is 13.2. The van der Waals surface area contributed by atoms with Gasteiger partial charge in [0.05, 0.1) is 38.6 Å². The first-order valence-corrected chi connectivity index (χ1v) is 34.2. The molecule has 3 fully saturated rings. The van der Waals surface area contributed by atoms with E-state index in [0.29, 0.717) is 19.3 Å². The van der Waals surface area contributed by atoms with E-state index in [1.54, 1.807) is 0 Å². The minimum absolute atomic E-state index is 0.249. The normalized spacial score (nSPS) is 29.0. The molecule has 0 aromatic carbocycles. The van der Waals surface area contributed by atoms with Gasteiger partial charge in [-0.2, -0.15) is 0 Å². The van der Waals surface area contributed by atoms with Gasteiger partial charge in [-0.25, -0.2) is 0 Å². The van der Waals surface area contributed by atoms with Crippen molar-refractivity contribution >= 4 is 5.91 Å². The second-order valence-corrected chi connectivity index (χ2v) is 24.6. The highest BCUT2D eigenvalue weighted by Crippen LogP contribution is 2.33. The minimum atomic E-state index is -1.97. The highest BCUT2D eigenvalue weighted by atomic mass is 16.8. The molecule has 86 heavy (non-hydrogen) atoms. The SMILES string of the molecule is CCCCCCC/C=C\C/C=C\C/C=C\CCCCCCCCCCCCCCCCCCCCCCCCC(=O)NC(COC1OC(CO)C(OC2OC(CO)C(OC3OC(CO)C(O)C(O)C3O)C(O)C2O)C(O)C1O)C(O)CCCCCC. The predicted molar refractivity (Wildman–Crippen MR) is 333 cm³/mol. The molecule has 3 heterocycles. The summed E-state index contributed by atoms with van der Waals surface area (Å²) in [5, 5.41) is 120. The van der Waals surface area contributed by atoms with Crippen LogP contribution >= 0.6 is 0 Å². The van der Waals surface area contributed by atoms with E-state index in [1.165, 1.54) is 161 Å². The number of carbonyl (C=O) groups is 1. The molecule has 0 radical (unpaired) electrons. The van der Waals surface area contributed by atoms with Crippen LogP contribution in [0, 0.1) is 0 Å². The van der Waals surface area contributed by atoms with Crippen molar-refractivity contribution in [3.05, 3.63) is 36.5 Å². The molecule has 0 bridgehead atoms. The van der Waals surface area contributed by atoms with Crippen LogP contribution in [0.15, 0.2) is 36.5 Å². The van der Waals surface area contributed by atoms with E-state index < -0.39 is 124 Å². The quantitative estimate of drug-likeness (QED) is 0.0201. The summed E-state index contributed by atoms with van der Waals surface area (Å²) in [7, 11) is 0. The van der Waals surface area contributed by atoms with Crippen LogP contribution < -0.4 is 5.32 Å². The molecule has 17 unspecified atom stereocenters. The summed E-state index contributed by atoms with van der Waals surface area (Å²) in [6.45, 7) is 1.64. The fourth-order valence-electron chi connectivity index (χ4n) is 11.6. The number of rotatable bonds is 52. The van der Waals surface area contributed by atoms with Crippen LogP contribution in [0.1, 0.15) is 251 Å². The lowest BCUT2D eigenvalue weighted by atomic mass is 9.96. The third-order valence-electron chi connectivity index (χ3n) is 17.2. The van der Waals surface area contributed by atoms with Gasteiger partial charge in [0.1, 0.15) is 73.2 Å². The van der Waals surface area contributed by atoms with Crippen LogP contribution in [0.4, 0.5) is 0 Å². The Morgan fingerprint density at radius 1 is 0.419 bits per heavy atom. The van der Waals surface area contributed by atoms with Gasteiger partial charge in [0.15, 0.2) is 18.9 Å². The van der Waals surface area contributed by atoms with Gasteiger partial charge in [-0.3, -0.25) is 4.79 Å². The van der Waals surface area contributed by atoms with Gasteiger partial charge in [-0.15, -0.1) is 0 Å². The first kappa shape index (κ1) is 78.3. The molecule has 0 spiro atoms. The lowest BCUT2D eigenvalue weighted by molar-refractivity contribution is -0.379. The number of amides is 1. The molecule has 1 amide bonds. The molecular weight excluding hydrogens is 1110 g/mol. The van der Waals surface area contributed by atoms with Crippen molar-refractivity contribution in [3.8, 4) is 0 Å². The first-order valence-electron chi connectivity index (χ1n) is 34.2. The Morgan fingerprint density at radius 2 is 0.767 bits per heavy atom. The Balaban J connectivity index is 1.22. The van der Waals surface area contributed by atoms with Gasteiger partial charge in [0.2, 0.25) is 5.91 Å². The number of aliphatic hydroxyl groups excluding tert-OH is 11. The van der Waals surface area contributed by atoms with Gasteiger partial charge in [-0.05, 0) is 51.4 Å². The molecule has 504 valence electrons. The van der Waals surface area contributed by atoms with Crippen LogP contribution in [-0.2, 0) is 33.2 Å². The highest BCUT2D eigenvalue weighted by Gasteiger charge is 2.53. The number of nitrogens with one attached hydrogen (secondary N) is 1. The molecule has 0 aliphatic carbocycles. The third kappa shape index (κ3) is 31.8. The van der Waals surface area contributed by atoms with Crippen molar-refractivity contribution in [2.45, 2.75) is 356 Å². The Hall–Kier alpha value is -1.99. The maximum absolute atomic E-state index is 13.2. The van der Waals surface area contributed by atoms with Gasteiger partial charge < -0.3 is 89.9 Å². The third-order valence-corrected chi connectivity index (χ3v) is 17.2. The zero-order chi connectivity index (χ0) is 62.6. The van der Waals surface area contributed by atoms with Gasteiger partial charge in [0, 0.05) is 6.42 Å². The van der Waals surface area contributed by atoms with E-state index >= 15 is 0 Å². The molecule has 0 aromatic rings. The topological polar surface area (TPSA) is 307 Å². The number of hydrogen-bond acceptors (Lipinski definition) is 18. The van der Waals surface area contributed by atoms with E-state index in [-0.39, 0.29) is 18.9 Å². The molecule has 19 heteroatoms. The Kier molecular flexibility index (Phi) is 45.2. The molecular formula is C67H123NO18. The van der Waals surface area contributed by atoms with Gasteiger partial charge in [0.25, 0.3) is 0 Å². The molecule has 12 N–H and O–H groups in total. The van der Waals surface area contributed by atoms with Crippen LogP contribution in [0.2, 0.25) is 0 Å². The molecule has 3 rings (SSSR count). The summed E-state index contributed by atoms with van der Waals surface area (Å²) < 4.78 is 34.1. The zero-order valence-corrected chi connectivity index (χ0v) is 53.0. The average Bonchev–Trinajstić information content (AvgIpc) is 1.41. The minimum Gasteiger partial charge on any atom is -0.394 e. The van der Waals surface area contributed by atoms with E-state index in [0.717, 1.165) is 51.4 Å². The van der Waals surface area contributed by atoms with Crippen molar-refractivity contribution in [2.75, 3.05) is 26.4 Å². The van der Waals surface area contributed by atoms with Crippen LogP contribution in [0.25, 0.3) is 0 Å². The summed E-state index contributed by atoms with van der Waals surface area (Å²) in [5.41, 5.74) is 0. The lowest BCUT2D eigenvalue weighted by Crippen LogP contribution is -2.66. The van der Waals surface area contributed by atoms with E-state index in [1.807, 2.05) is 0 Å².